The van der Waals surface area contributed by atoms with E-state index < -0.39 is 0 Å². The zero-order valence-electron chi connectivity index (χ0n) is 14.5. The molecule has 0 bridgehead atoms. The van der Waals surface area contributed by atoms with Gasteiger partial charge in [0.15, 0.2) is 0 Å². The Hall–Kier alpha value is -0.820. The molecule has 1 N–H and O–H groups in total. The van der Waals surface area contributed by atoms with Gasteiger partial charge in [-0.15, -0.1) is 0 Å². The van der Waals surface area contributed by atoms with Crippen LogP contribution in [0.5, 0.6) is 0 Å². The van der Waals surface area contributed by atoms with E-state index in [4.69, 9.17) is 0 Å². The second kappa shape index (κ2) is 6.96. The van der Waals surface area contributed by atoms with Crippen LogP contribution in [0.15, 0.2) is 30.3 Å². The number of rotatable bonds is 6. The van der Waals surface area contributed by atoms with E-state index in [9.17, 15) is 0 Å². The average Bonchev–Trinajstić information content (AvgIpc) is 2.72. The molecule has 1 fully saturated rings. The molecule has 118 valence electrons. The van der Waals surface area contributed by atoms with Crippen LogP contribution in [0.1, 0.15) is 71.9 Å². The summed E-state index contributed by atoms with van der Waals surface area (Å²) in [6.45, 7) is 11.9. The molecule has 3 unspecified atom stereocenters. The summed E-state index contributed by atoms with van der Waals surface area (Å²) in [5.74, 6) is 1.50. The largest absolute Gasteiger partial charge is 0.307 e. The van der Waals surface area contributed by atoms with Gasteiger partial charge in [-0.05, 0) is 35.7 Å². The molecule has 0 spiro atoms. The molecular formula is C20H33N. The van der Waals surface area contributed by atoms with Gasteiger partial charge in [0, 0.05) is 12.1 Å². The Kier molecular flexibility index (Phi) is 5.48. The van der Waals surface area contributed by atoms with Gasteiger partial charge in [-0.25, -0.2) is 0 Å². The highest BCUT2D eigenvalue weighted by atomic mass is 15.0. The molecule has 3 atom stereocenters. The highest BCUT2D eigenvalue weighted by molar-refractivity contribution is 5.20. The van der Waals surface area contributed by atoms with Gasteiger partial charge in [0.25, 0.3) is 0 Å². The molecule has 1 saturated carbocycles. The Morgan fingerprint density at radius 2 is 1.71 bits per heavy atom. The topological polar surface area (TPSA) is 12.0 Å². The summed E-state index contributed by atoms with van der Waals surface area (Å²) in [5.41, 5.74) is 1.95. The fourth-order valence-electron chi connectivity index (χ4n) is 4.27. The zero-order valence-corrected chi connectivity index (χ0v) is 14.5. The molecule has 0 aliphatic heterocycles. The SMILES string of the molecule is CCC(CC)C(NC1CC(C)(C)CC1C)c1ccccc1. The molecule has 1 heteroatoms. The molecule has 1 aromatic carbocycles. The van der Waals surface area contributed by atoms with Crippen LogP contribution >= 0.6 is 0 Å². The van der Waals surface area contributed by atoms with Gasteiger partial charge in [0.05, 0.1) is 0 Å². The first-order valence-electron chi connectivity index (χ1n) is 8.78. The Labute approximate surface area is 131 Å². The molecule has 0 heterocycles. The van der Waals surface area contributed by atoms with Crippen molar-refractivity contribution in [1.82, 2.24) is 5.32 Å². The molecule has 0 saturated heterocycles. The lowest BCUT2D eigenvalue weighted by molar-refractivity contribution is 0.280. The summed E-state index contributed by atoms with van der Waals surface area (Å²) in [5, 5.41) is 4.04. The van der Waals surface area contributed by atoms with Crippen LogP contribution in [0.3, 0.4) is 0 Å². The number of hydrogen-bond acceptors (Lipinski definition) is 1. The predicted molar refractivity (Wildman–Crippen MR) is 92.4 cm³/mol. The van der Waals surface area contributed by atoms with Crippen molar-refractivity contribution in [2.24, 2.45) is 17.3 Å². The van der Waals surface area contributed by atoms with Crippen LogP contribution in [-0.2, 0) is 0 Å². The van der Waals surface area contributed by atoms with Crippen LogP contribution in [-0.4, -0.2) is 6.04 Å². The van der Waals surface area contributed by atoms with E-state index in [1.54, 1.807) is 0 Å². The minimum absolute atomic E-state index is 0.492. The lowest BCUT2D eigenvalue weighted by Crippen LogP contribution is -2.38. The van der Waals surface area contributed by atoms with E-state index in [1.165, 1.54) is 31.2 Å². The monoisotopic (exact) mass is 287 g/mol. The smallest absolute Gasteiger partial charge is 0.0350 e. The van der Waals surface area contributed by atoms with Gasteiger partial charge in [-0.2, -0.15) is 0 Å². The van der Waals surface area contributed by atoms with Crippen molar-refractivity contribution in [3.63, 3.8) is 0 Å². The highest BCUT2D eigenvalue weighted by Crippen LogP contribution is 2.42. The summed E-state index contributed by atoms with van der Waals surface area (Å²) in [6.07, 6.45) is 5.13. The number of nitrogens with one attached hydrogen (secondary N) is 1. The third-order valence-electron chi connectivity index (χ3n) is 5.41. The summed E-state index contributed by atoms with van der Waals surface area (Å²) in [6, 6.07) is 12.2. The van der Waals surface area contributed by atoms with Gasteiger partial charge in [0.1, 0.15) is 0 Å². The maximum absolute atomic E-state index is 4.04. The van der Waals surface area contributed by atoms with Crippen LogP contribution in [0, 0.1) is 17.3 Å². The van der Waals surface area contributed by atoms with Gasteiger partial charge in [-0.1, -0.05) is 77.8 Å². The second-order valence-electron chi connectivity index (χ2n) is 7.79. The molecule has 1 aliphatic carbocycles. The van der Waals surface area contributed by atoms with Crippen molar-refractivity contribution >= 4 is 0 Å². The molecule has 2 rings (SSSR count). The lowest BCUT2D eigenvalue weighted by Gasteiger charge is -2.32. The van der Waals surface area contributed by atoms with Crippen molar-refractivity contribution in [3.05, 3.63) is 35.9 Å². The molecular weight excluding hydrogens is 254 g/mol. The average molecular weight is 287 g/mol. The molecule has 1 aliphatic rings. The maximum atomic E-state index is 4.04. The zero-order chi connectivity index (χ0) is 15.5. The molecule has 1 nitrogen and oxygen atoms in total. The van der Waals surface area contributed by atoms with Crippen molar-refractivity contribution in [2.45, 2.75) is 72.4 Å². The van der Waals surface area contributed by atoms with Gasteiger partial charge in [-0.3, -0.25) is 0 Å². The van der Waals surface area contributed by atoms with Crippen molar-refractivity contribution < 1.29 is 0 Å². The lowest BCUT2D eigenvalue weighted by atomic mass is 9.87. The summed E-state index contributed by atoms with van der Waals surface area (Å²) >= 11 is 0. The van der Waals surface area contributed by atoms with Gasteiger partial charge < -0.3 is 5.32 Å². The first-order valence-corrected chi connectivity index (χ1v) is 8.78. The fourth-order valence-corrected chi connectivity index (χ4v) is 4.27. The quantitative estimate of drug-likeness (QED) is 0.720. The normalized spacial score (nSPS) is 26.2. The Morgan fingerprint density at radius 1 is 1.10 bits per heavy atom. The van der Waals surface area contributed by atoms with Crippen molar-refractivity contribution in [1.29, 1.82) is 0 Å². The van der Waals surface area contributed by atoms with E-state index >= 15 is 0 Å². The van der Waals surface area contributed by atoms with E-state index in [-0.39, 0.29) is 0 Å². The van der Waals surface area contributed by atoms with Gasteiger partial charge in [0.2, 0.25) is 0 Å². The minimum Gasteiger partial charge on any atom is -0.307 e. The number of benzene rings is 1. The Bertz CT molecular complexity index is 419. The first kappa shape index (κ1) is 16.5. The fraction of sp³-hybridized carbons (Fsp3) is 0.700. The maximum Gasteiger partial charge on any atom is 0.0350 e. The molecule has 1 aromatic rings. The third-order valence-corrected chi connectivity index (χ3v) is 5.41. The molecule has 0 radical (unpaired) electrons. The van der Waals surface area contributed by atoms with Gasteiger partial charge >= 0.3 is 0 Å². The molecule has 0 amide bonds. The standard InChI is InChI=1S/C20H33N/c1-6-16(7-2)19(17-11-9-8-10-12-17)21-18-14-20(4,5)13-15(18)3/h8-12,15-16,18-19,21H,6-7,13-14H2,1-5H3. The van der Waals surface area contributed by atoms with E-state index in [0.717, 1.165) is 11.8 Å². The predicted octanol–water partition coefficient (Wildman–Crippen LogP) is 5.58. The Balaban J connectivity index is 2.17. The van der Waals surface area contributed by atoms with Crippen LogP contribution in [0.25, 0.3) is 0 Å². The number of hydrogen-bond donors (Lipinski definition) is 1. The molecule has 0 aromatic heterocycles. The van der Waals surface area contributed by atoms with E-state index in [1.807, 2.05) is 0 Å². The third kappa shape index (κ3) is 4.10. The minimum atomic E-state index is 0.492. The second-order valence-corrected chi connectivity index (χ2v) is 7.79. The first-order chi connectivity index (χ1) is 9.96. The highest BCUT2D eigenvalue weighted by Gasteiger charge is 2.38. The van der Waals surface area contributed by atoms with Crippen molar-refractivity contribution in [2.75, 3.05) is 0 Å². The van der Waals surface area contributed by atoms with Crippen molar-refractivity contribution in [3.8, 4) is 0 Å². The van der Waals surface area contributed by atoms with Crippen LogP contribution in [0.2, 0.25) is 0 Å². The van der Waals surface area contributed by atoms with Crippen LogP contribution < -0.4 is 5.32 Å². The van der Waals surface area contributed by atoms with E-state index in [2.05, 4.69) is 70.3 Å². The summed E-state index contributed by atoms with van der Waals surface area (Å²) in [4.78, 5) is 0. The molecule has 21 heavy (non-hydrogen) atoms. The summed E-state index contributed by atoms with van der Waals surface area (Å²) in [7, 11) is 0. The van der Waals surface area contributed by atoms with E-state index in [0.29, 0.717) is 17.5 Å². The summed E-state index contributed by atoms with van der Waals surface area (Å²) < 4.78 is 0. The Morgan fingerprint density at radius 3 is 2.19 bits per heavy atom. The van der Waals surface area contributed by atoms with Crippen LogP contribution in [0.4, 0.5) is 0 Å².